The van der Waals surface area contributed by atoms with E-state index in [1.165, 1.54) is 0 Å². The number of carbonyl (C=O) groups is 2. The van der Waals surface area contributed by atoms with E-state index in [2.05, 4.69) is 6.92 Å². The third kappa shape index (κ3) is 4.79. The highest BCUT2D eigenvalue weighted by Gasteiger charge is 2.30. The molecule has 0 unspecified atom stereocenters. The van der Waals surface area contributed by atoms with Gasteiger partial charge in [0.1, 0.15) is 0 Å². The van der Waals surface area contributed by atoms with Crippen LogP contribution < -0.4 is 5.73 Å². The van der Waals surface area contributed by atoms with Gasteiger partial charge in [-0.1, -0.05) is 37.3 Å². The maximum atomic E-state index is 12.5. The van der Waals surface area contributed by atoms with Gasteiger partial charge in [0.15, 0.2) is 0 Å². The molecule has 1 atom stereocenters. The van der Waals surface area contributed by atoms with Crippen molar-refractivity contribution >= 4 is 11.8 Å². The number of rotatable bonds is 6. The predicted octanol–water partition coefficient (Wildman–Crippen LogP) is 1.77. The van der Waals surface area contributed by atoms with E-state index < -0.39 is 0 Å². The van der Waals surface area contributed by atoms with Crippen LogP contribution in [0.2, 0.25) is 0 Å². The SMILES string of the molecule is CC[C@H]1CN(C(=O)CCCN)CCC(=O)N1Cc1ccccc1. The van der Waals surface area contributed by atoms with Crippen molar-refractivity contribution in [2.75, 3.05) is 19.6 Å². The average Bonchev–Trinajstić information content (AvgIpc) is 2.73. The summed E-state index contributed by atoms with van der Waals surface area (Å²) in [5, 5.41) is 0. The van der Waals surface area contributed by atoms with E-state index in [0.29, 0.717) is 45.4 Å². The van der Waals surface area contributed by atoms with Gasteiger partial charge in [-0.05, 0) is 24.9 Å². The molecule has 5 nitrogen and oxygen atoms in total. The van der Waals surface area contributed by atoms with E-state index in [1.54, 1.807) is 0 Å². The maximum Gasteiger partial charge on any atom is 0.224 e. The summed E-state index contributed by atoms with van der Waals surface area (Å²) in [4.78, 5) is 28.6. The molecule has 5 heteroatoms. The summed E-state index contributed by atoms with van der Waals surface area (Å²) < 4.78 is 0. The summed E-state index contributed by atoms with van der Waals surface area (Å²) >= 11 is 0. The lowest BCUT2D eigenvalue weighted by Gasteiger charge is -2.31. The summed E-state index contributed by atoms with van der Waals surface area (Å²) in [5.41, 5.74) is 6.61. The molecule has 0 aromatic heterocycles. The average molecular weight is 317 g/mol. The van der Waals surface area contributed by atoms with Crippen LogP contribution in [-0.4, -0.2) is 47.3 Å². The van der Waals surface area contributed by atoms with Crippen LogP contribution in [0.3, 0.4) is 0 Å². The van der Waals surface area contributed by atoms with Crippen LogP contribution in [0.1, 0.15) is 38.2 Å². The highest BCUT2D eigenvalue weighted by Crippen LogP contribution is 2.18. The number of hydrogen-bond donors (Lipinski definition) is 1. The first kappa shape index (κ1) is 17.5. The van der Waals surface area contributed by atoms with Gasteiger partial charge in [0, 0.05) is 38.5 Å². The molecule has 1 aliphatic heterocycles. The Labute approximate surface area is 138 Å². The predicted molar refractivity (Wildman–Crippen MR) is 90.6 cm³/mol. The van der Waals surface area contributed by atoms with Gasteiger partial charge in [0.05, 0.1) is 0 Å². The second-order valence-corrected chi connectivity index (χ2v) is 6.05. The molecule has 1 aromatic rings. The van der Waals surface area contributed by atoms with E-state index in [1.807, 2.05) is 40.1 Å². The van der Waals surface area contributed by atoms with Gasteiger partial charge in [-0.3, -0.25) is 9.59 Å². The van der Waals surface area contributed by atoms with Gasteiger partial charge < -0.3 is 15.5 Å². The number of nitrogens with zero attached hydrogens (tertiary/aromatic N) is 2. The monoisotopic (exact) mass is 317 g/mol. The molecule has 2 amide bonds. The van der Waals surface area contributed by atoms with Crippen LogP contribution in [0.5, 0.6) is 0 Å². The first-order valence-electron chi connectivity index (χ1n) is 8.47. The Bertz CT molecular complexity index is 518. The van der Waals surface area contributed by atoms with Crippen molar-refractivity contribution in [3.8, 4) is 0 Å². The molecular weight excluding hydrogens is 290 g/mol. The zero-order chi connectivity index (χ0) is 16.7. The van der Waals surface area contributed by atoms with Crippen LogP contribution in [0, 0.1) is 0 Å². The molecule has 1 heterocycles. The molecule has 1 saturated heterocycles. The lowest BCUT2D eigenvalue weighted by atomic mass is 10.1. The number of carbonyl (C=O) groups excluding carboxylic acids is 2. The Hall–Kier alpha value is -1.88. The van der Waals surface area contributed by atoms with Gasteiger partial charge in [-0.25, -0.2) is 0 Å². The van der Waals surface area contributed by atoms with Crippen molar-refractivity contribution < 1.29 is 9.59 Å². The number of amides is 2. The normalized spacial score (nSPS) is 18.9. The van der Waals surface area contributed by atoms with E-state index >= 15 is 0 Å². The Morgan fingerprint density at radius 2 is 2.04 bits per heavy atom. The third-order valence-electron chi connectivity index (χ3n) is 4.40. The molecule has 126 valence electrons. The minimum Gasteiger partial charge on any atom is -0.340 e. The molecule has 0 saturated carbocycles. The molecule has 1 aliphatic rings. The first-order valence-corrected chi connectivity index (χ1v) is 8.47. The fraction of sp³-hybridized carbons (Fsp3) is 0.556. The zero-order valence-corrected chi connectivity index (χ0v) is 13.9. The molecule has 23 heavy (non-hydrogen) atoms. The molecule has 2 N–H and O–H groups in total. The molecular formula is C18H27N3O2. The first-order chi connectivity index (χ1) is 11.2. The highest BCUT2D eigenvalue weighted by atomic mass is 16.2. The van der Waals surface area contributed by atoms with Gasteiger partial charge in [-0.15, -0.1) is 0 Å². The molecule has 1 fully saturated rings. The van der Waals surface area contributed by atoms with E-state index in [4.69, 9.17) is 5.73 Å². The summed E-state index contributed by atoms with van der Waals surface area (Å²) in [6.07, 6.45) is 2.42. The smallest absolute Gasteiger partial charge is 0.224 e. The highest BCUT2D eigenvalue weighted by molar-refractivity contribution is 5.80. The topological polar surface area (TPSA) is 66.6 Å². The summed E-state index contributed by atoms with van der Waals surface area (Å²) in [7, 11) is 0. The number of hydrogen-bond acceptors (Lipinski definition) is 3. The van der Waals surface area contributed by atoms with Crippen LogP contribution in [0.15, 0.2) is 30.3 Å². The number of benzene rings is 1. The third-order valence-corrected chi connectivity index (χ3v) is 4.40. The molecule has 1 aromatic carbocycles. The lowest BCUT2D eigenvalue weighted by Crippen LogP contribution is -2.43. The summed E-state index contributed by atoms with van der Waals surface area (Å²) in [6, 6.07) is 10.1. The minimum atomic E-state index is 0.0760. The second-order valence-electron chi connectivity index (χ2n) is 6.05. The zero-order valence-electron chi connectivity index (χ0n) is 13.9. The lowest BCUT2D eigenvalue weighted by molar-refractivity contribution is -0.133. The summed E-state index contributed by atoms with van der Waals surface area (Å²) in [6.45, 7) is 4.35. The Morgan fingerprint density at radius 3 is 2.70 bits per heavy atom. The fourth-order valence-electron chi connectivity index (χ4n) is 3.01. The molecule has 0 aliphatic carbocycles. The van der Waals surface area contributed by atoms with Crippen molar-refractivity contribution in [2.45, 2.75) is 45.2 Å². The molecule has 0 spiro atoms. The van der Waals surface area contributed by atoms with Gasteiger partial charge in [0.25, 0.3) is 0 Å². The quantitative estimate of drug-likeness (QED) is 0.869. The van der Waals surface area contributed by atoms with Gasteiger partial charge >= 0.3 is 0 Å². The maximum absolute atomic E-state index is 12.5. The summed E-state index contributed by atoms with van der Waals surface area (Å²) in [5.74, 6) is 0.248. The van der Waals surface area contributed by atoms with Crippen molar-refractivity contribution in [1.29, 1.82) is 0 Å². The van der Waals surface area contributed by atoms with Gasteiger partial charge in [-0.2, -0.15) is 0 Å². The van der Waals surface area contributed by atoms with E-state index in [-0.39, 0.29) is 17.9 Å². The van der Waals surface area contributed by atoms with Gasteiger partial charge in [0.2, 0.25) is 11.8 Å². The van der Waals surface area contributed by atoms with Crippen LogP contribution in [0.25, 0.3) is 0 Å². The van der Waals surface area contributed by atoms with Crippen molar-refractivity contribution in [3.05, 3.63) is 35.9 Å². The Balaban J connectivity index is 2.08. The van der Waals surface area contributed by atoms with Crippen LogP contribution >= 0.6 is 0 Å². The Kier molecular flexibility index (Phi) is 6.59. The van der Waals surface area contributed by atoms with Crippen LogP contribution in [0.4, 0.5) is 0 Å². The van der Waals surface area contributed by atoms with Crippen molar-refractivity contribution in [2.24, 2.45) is 5.73 Å². The number of nitrogens with two attached hydrogens (primary N) is 1. The molecule has 0 bridgehead atoms. The van der Waals surface area contributed by atoms with Crippen molar-refractivity contribution in [1.82, 2.24) is 9.80 Å². The van der Waals surface area contributed by atoms with E-state index in [0.717, 1.165) is 12.0 Å². The van der Waals surface area contributed by atoms with Crippen LogP contribution in [-0.2, 0) is 16.1 Å². The fourth-order valence-corrected chi connectivity index (χ4v) is 3.01. The standard InChI is InChI=1S/C18H27N3O2/c1-2-16-14-20(17(22)9-6-11-19)12-10-18(23)21(16)13-15-7-4-3-5-8-15/h3-5,7-8,16H,2,6,9-14,19H2,1H3/t16-/m0/s1. The second kappa shape index (κ2) is 8.67. The van der Waals surface area contributed by atoms with E-state index in [9.17, 15) is 9.59 Å². The minimum absolute atomic E-state index is 0.0760. The Morgan fingerprint density at radius 1 is 1.30 bits per heavy atom. The largest absolute Gasteiger partial charge is 0.340 e. The van der Waals surface area contributed by atoms with Crippen molar-refractivity contribution in [3.63, 3.8) is 0 Å². The molecule has 2 rings (SSSR count). The molecule has 0 radical (unpaired) electrons.